The van der Waals surface area contributed by atoms with Gasteiger partial charge in [-0.3, -0.25) is 14.9 Å². The number of hydrogen-bond acceptors (Lipinski definition) is 9. The van der Waals surface area contributed by atoms with Crippen LogP contribution in [0.5, 0.6) is 0 Å². The van der Waals surface area contributed by atoms with Crippen molar-refractivity contribution in [2.45, 2.75) is 44.9 Å². The zero-order valence-corrected chi connectivity index (χ0v) is 17.8. The SMILES string of the molecule is CCn1c(CNC(=O)c2ccco2)nnc1SCC(=O)Nc1nnc(C(C)C)s1. The highest BCUT2D eigenvalue weighted by Crippen LogP contribution is 2.23. The molecule has 0 saturated heterocycles. The number of rotatable bonds is 9. The average Bonchev–Trinajstić information content (AvgIpc) is 3.44. The maximum absolute atomic E-state index is 12.2. The van der Waals surface area contributed by atoms with Crippen molar-refractivity contribution in [3.8, 4) is 0 Å². The second-order valence-electron chi connectivity index (χ2n) is 6.24. The van der Waals surface area contributed by atoms with Crippen molar-refractivity contribution in [2.75, 3.05) is 11.1 Å². The lowest BCUT2D eigenvalue weighted by molar-refractivity contribution is -0.113. The summed E-state index contributed by atoms with van der Waals surface area (Å²) in [6, 6.07) is 3.23. The topological polar surface area (TPSA) is 128 Å². The van der Waals surface area contributed by atoms with Gasteiger partial charge in [-0.2, -0.15) is 0 Å². The third-order valence-electron chi connectivity index (χ3n) is 3.77. The van der Waals surface area contributed by atoms with Gasteiger partial charge in [0.05, 0.1) is 18.6 Å². The lowest BCUT2D eigenvalue weighted by Crippen LogP contribution is -2.24. The number of furan rings is 1. The van der Waals surface area contributed by atoms with Crippen LogP contribution >= 0.6 is 23.1 Å². The van der Waals surface area contributed by atoms with Crippen LogP contribution in [-0.4, -0.2) is 42.5 Å². The molecule has 3 rings (SSSR count). The number of thioether (sulfide) groups is 1. The Morgan fingerprint density at radius 2 is 2.10 bits per heavy atom. The van der Waals surface area contributed by atoms with E-state index in [1.165, 1.54) is 29.4 Å². The number of anilines is 1. The Labute approximate surface area is 175 Å². The first-order valence-corrected chi connectivity index (χ1v) is 10.8. The predicted molar refractivity (Wildman–Crippen MR) is 109 cm³/mol. The van der Waals surface area contributed by atoms with Crippen LogP contribution in [-0.2, 0) is 17.9 Å². The normalized spacial score (nSPS) is 11.0. The molecule has 12 heteroatoms. The molecule has 2 N–H and O–H groups in total. The van der Waals surface area contributed by atoms with E-state index in [1.54, 1.807) is 12.1 Å². The van der Waals surface area contributed by atoms with E-state index < -0.39 is 0 Å². The largest absolute Gasteiger partial charge is 0.459 e. The number of amides is 2. The molecule has 0 unspecified atom stereocenters. The Morgan fingerprint density at radius 3 is 2.76 bits per heavy atom. The second kappa shape index (κ2) is 9.65. The van der Waals surface area contributed by atoms with E-state index in [-0.39, 0.29) is 35.8 Å². The van der Waals surface area contributed by atoms with Gasteiger partial charge in [-0.25, -0.2) is 0 Å². The molecule has 0 fully saturated rings. The Kier molecular flexibility index (Phi) is 6.99. The molecule has 0 bridgehead atoms. The van der Waals surface area contributed by atoms with Crippen molar-refractivity contribution in [2.24, 2.45) is 0 Å². The number of carbonyl (C=O) groups is 2. The fraction of sp³-hybridized carbons (Fsp3) is 0.412. The lowest BCUT2D eigenvalue weighted by atomic mass is 10.2. The monoisotopic (exact) mass is 435 g/mol. The Bertz CT molecular complexity index is 966. The maximum atomic E-state index is 12.2. The molecule has 154 valence electrons. The van der Waals surface area contributed by atoms with E-state index in [2.05, 4.69) is 31.0 Å². The van der Waals surface area contributed by atoms with Crippen molar-refractivity contribution >= 4 is 40.0 Å². The lowest BCUT2D eigenvalue weighted by Gasteiger charge is -2.07. The molecule has 0 radical (unpaired) electrons. The minimum atomic E-state index is -0.327. The highest BCUT2D eigenvalue weighted by molar-refractivity contribution is 7.99. The molecule has 0 aromatic carbocycles. The number of aromatic nitrogens is 5. The third-order valence-corrected chi connectivity index (χ3v) is 5.88. The van der Waals surface area contributed by atoms with Crippen molar-refractivity contribution in [3.05, 3.63) is 35.0 Å². The van der Waals surface area contributed by atoms with Crippen molar-refractivity contribution in [3.63, 3.8) is 0 Å². The molecule has 0 aliphatic rings. The van der Waals surface area contributed by atoms with Crippen molar-refractivity contribution < 1.29 is 14.0 Å². The summed E-state index contributed by atoms with van der Waals surface area (Å²) in [5.74, 6) is 0.735. The molecule has 0 atom stereocenters. The third kappa shape index (κ3) is 5.41. The molecule has 0 aliphatic heterocycles. The van der Waals surface area contributed by atoms with Crippen molar-refractivity contribution in [1.82, 2.24) is 30.3 Å². The summed E-state index contributed by atoms with van der Waals surface area (Å²) in [6.07, 6.45) is 1.44. The first kappa shape index (κ1) is 21.0. The van der Waals surface area contributed by atoms with E-state index in [9.17, 15) is 9.59 Å². The molecule has 2 amide bonds. The summed E-state index contributed by atoms with van der Waals surface area (Å²) in [6.45, 7) is 6.80. The molecule has 3 aromatic rings. The molecule has 0 aliphatic carbocycles. The molecule has 0 saturated carbocycles. The predicted octanol–water partition coefficient (Wildman–Crippen LogP) is 2.53. The molecular weight excluding hydrogens is 414 g/mol. The van der Waals surface area contributed by atoms with Gasteiger partial charge >= 0.3 is 0 Å². The zero-order valence-electron chi connectivity index (χ0n) is 16.2. The van der Waals surface area contributed by atoms with Gasteiger partial charge in [-0.1, -0.05) is 36.9 Å². The van der Waals surface area contributed by atoms with Crippen molar-refractivity contribution in [1.29, 1.82) is 0 Å². The van der Waals surface area contributed by atoms with Gasteiger partial charge in [0.25, 0.3) is 5.91 Å². The summed E-state index contributed by atoms with van der Waals surface area (Å²) in [5.41, 5.74) is 0. The summed E-state index contributed by atoms with van der Waals surface area (Å²) in [4.78, 5) is 24.2. The van der Waals surface area contributed by atoms with Crippen LogP contribution in [0, 0.1) is 0 Å². The zero-order chi connectivity index (χ0) is 20.8. The van der Waals surface area contributed by atoms with E-state index in [1.807, 2.05) is 25.3 Å². The second-order valence-corrected chi connectivity index (χ2v) is 8.19. The summed E-state index contributed by atoms with van der Waals surface area (Å²) >= 11 is 2.63. The van der Waals surface area contributed by atoms with E-state index in [0.717, 1.165) is 5.01 Å². The van der Waals surface area contributed by atoms with E-state index in [0.29, 0.717) is 22.7 Å². The molecule has 10 nitrogen and oxygen atoms in total. The van der Waals surface area contributed by atoms with Gasteiger partial charge < -0.3 is 14.3 Å². The number of hydrogen-bond donors (Lipinski definition) is 2. The Hall–Kier alpha value is -2.73. The van der Waals surface area contributed by atoms with Gasteiger partial charge in [0.15, 0.2) is 16.7 Å². The first-order chi connectivity index (χ1) is 14.0. The van der Waals surface area contributed by atoms with Crippen LogP contribution in [0.1, 0.15) is 48.1 Å². The summed E-state index contributed by atoms with van der Waals surface area (Å²) in [7, 11) is 0. The Morgan fingerprint density at radius 1 is 1.28 bits per heavy atom. The van der Waals surface area contributed by atoms with Gasteiger partial charge in [-0.05, 0) is 19.1 Å². The quantitative estimate of drug-likeness (QED) is 0.491. The van der Waals surface area contributed by atoms with Crippen LogP contribution in [0.2, 0.25) is 0 Å². The van der Waals surface area contributed by atoms with E-state index >= 15 is 0 Å². The molecule has 3 heterocycles. The van der Waals surface area contributed by atoms with E-state index in [4.69, 9.17) is 4.42 Å². The highest BCUT2D eigenvalue weighted by Gasteiger charge is 2.16. The number of nitrogens with zero attached hydrogens (tertiary/aromatic N) is 5. The van der Waals surface area contributed by atoms with Gasteiger partial charge in [-0.15, -0.1) is 20.4 Å². The molecule has 3 aromatic heterocycles. The summed E-state index contributed by atoms with van der Waals surface area (Å²) in [5, 5.41) is 23.7. The van der Waals surface area contributed by atoms with Gasteiger partial charge in [0.1, 0.15) is 5.01 Å². The average molecular weight is 436 g/mol. The van der Waals surface area contributed by atoms with Gasteiger partial charge in [0, 0.05) is 12.5 Å². The minimum Gasteiger partial charge on any atom is -0.459 e. The van der Waals surface area contributed by atoms with Crippen LogP contribution in [0.25, 0.3) is 0 Å². The molecular formula is C17H21N7O3S2. The summed E-state index contributed by atoms with van der Waals surface area (Å²) < 4.78 is 6.91. The van der Waals surface area contributed by atoms with Crippen LogP contribution < -0.4 is 10.6 Å². The number of nitrogens with one attached hydrogen (secondary N) is 2. The fourth-order valence-electron chi connectivity index (χ4n) is 2.33. The van der Waals surface area contributed by atoms with Crippen LogP contribution in [0.15, 0.2) is 28.0 Å². The molecule has 29 heavy (non-hydrogen) atoms. The first-order valence-electron chi connectivity index (χ1n) is 8.97. The smallest absolute Gasteiger partial charge is 0.287 e. The number of carbonyl (C=O) groups excluding carboxylic acids is 2. The fourth-order valence-corrected chi connectivity index (χ4v) is 3.92. The Balaban J connectivity index is 1.54. The standard InChI is InChI=1S/C17H21N7O3S2/c1-4-24-12(8-18-14(26)11-6-5-7-27-11)20-23-17(24)28-9-13(25)19-16-22-21-15(29-16)10(2)3/h5-7,10H,4,8-9H2,1-3H3,(H,18,26)(H,19,22,25). The van der Waals surface area contributed by atoms with Gasteiger partial charge in [0.2, 0.25) is 11.0 Å². The maximum Gasteiger partial charge on any atom is 0.287 e. The minimum absolute atomic E-state index is 0.160. The highest BCUT2D eigenvalue weighted by atomic mass is 32.2. The van der Waals surface area contributed by atoms with Crippen LogP contribution in [0.4, 0.5) is 5.13 Å². The van der Waals surface area contributed by atoms with Crippen LogP contribution in [0.3, 0.4) is 0 Å². The molecule has 0 spiro atoms.